The van der Waals surface area contributed by atoms with Crippen molar-refractivity contribution in [2.45, 2.75) is 24.8 Å². The van der Waals surface area contributed by atoms with Crippen LogP contribution in [0, 0.1) is 0 Å². The molecule has 0 bridgehead atoms. The number of amides is 2. The lowest BCUT2D eigenvalue weighted by Crippen LogP contribution is -2.48. The molecular formula is C26H24N2O3. The highest BCUT2D eigenvalue weighted by Crippen LogP contribution is 2.44. The first-order valence-corrected chi connectivity index (χ1v) is 10.7. The van der Waals surface area contributed by atoms with Gasteiger partial charge in [-0.25, -0.2) is 0 Å². The molecule has 2 aliphatic rings. The minimum absolute atomic E-state index is 0.0577. The molecule has 2 heterocycles. The number of piperidine rings is 1. The number of hydrogen-bond acceptors (Lipinski definition) is 3. The van der Waals surface area contributed by atoms with E-state index in [1.807, 2.05) is 83.8 Å². The van der Waals surface area contributed by atoms with Crippen LogP contribution < -0.4 is 10.1 Å². The lowest BCUT2D eigenvalue weighted by molar-refractivity contribution is -0.133. The molecule has 0 radical (unpaired) electrons. The third-order valence-electron chi connectivity index (χ3n) is 6.10. The van der Waals surface area contributed by atoms with Gasteiger partial charge in [0.25, 0.3) is 5.91 Å². The topological polar surface area (TPSA) is 58.6 Å². The molecule has 0 spiro atoms. The van der Waals surface area contributed by atoms with E-state index in [2.05, 4.69) is 5.32 Å². The molecule has 5 nitrogen and oxygen atoms in total. The summed E-state index contributed by atoms with van der Waals surface area (Å²) in [6, 6.07) is 24.8. The van der Waals surface area contributed by atoms with Gasteiger partial charge in [-0.15, -0.1) is 0 Å². The van der Waals surface area contributed by atoms with Gasteiger partial charge in [-0.1, -0.05) is 54.6 Å². The molecule has 0 atom stereocenters. The molecule has 0 aromatic heterocycles. The molecule has 0 unspecified atom stereocenters. The normalized spacial score (nSPS) is 16.1. The molecular weight excluding hydrogens is 388 g/mol. The molecule has 3 aromatic rings. The van der Waals surface area contributed by atoms with Crippen LogP contribution in [0.1, 0.15) is 40.2 Å². The number of para-hydroxylation sites is 2. The summed E-state index contributed by atoms with van der Waals surface area (Å²) in [5, 5.41) is 3.11. The van der Waals surface area contributed by atoms with Gasteiger partial charge in [-0.2, -0.15) is 0 Å². The largest absolute Gasteiger partial charge is 0.457 e. The lowest BCUT2D eigenvalue weighted by Gasteiger charge is -2.36. The first-order chi connectivity index (χ1) is 15.2. The molecule has 1 saturated heterocycles. The second-order valence-corrected chi connectivity index (χ2v) is 8.05. The average Bonchev–Trinajstić information content (AvgIpc) is 2.83. The van der Waals surface area contributed by atoms with Crippen LogP contribution in [0.25, 0.3) is 0 Å². The van der Waals surface area contributed by atoms with E-state index in [0.29, 0.717) is 18.7 Å². The van der Waals surface area contributed by atoms with E-state index in [1.165, 1.54) is 0 Å². The zero-order chi connectivity index (χ0) is 21.2. The maximum atomic E-state index is 13.6. The number of carbonyl (C=O) groups is 2. The summed E-state index contributed by atoms with van der Waals surface area (Å²) in [4.78, 5) is 28.0. The van der Waals surface area contributed by atoms with E-state index in [0.717, 1.165) is 35.5 Å². The maximum absolute atomic E-state index is 13.6. The summed E-state index contributed by atoms with van der Waals surface area (Å²) in [6.45, 7) is 1.25. The number of hydrogen-bond donors (Lipinski definition) is 1. The predicted molar refractivity (Wildman–Crippen MR) is 118 cm³/mol. The Balaban J connectivity index is 1.30. The summed E-state index contributed by atoms with van der Waals surface area (Å²) >= 11 is 0. The van der Waals surface area contributed by atoms with Gasteiger partial charge >= 0.3 is 0 Å². The van der Waals surface area contributed by atoms with Crippen LogP contribution in [-0.4, -0.2) is 35.8 Å². The van der Waals surface area contributed by atoms with Gasteiger partial charge in [0.1, 0.15) is 11.5 Å². The zero-order valence-corrected chi connectivity index (χ0v) is 17.2. The smallest absolute Gasteiger partial charge is 0.251 e. The summed E-state index contributed by atoms with van der Waals surface area (Å²) in [6.07, 6.45) is 1.49. The average molecular weight is 412 g/mol. The van der Waals surface area contributed by atoms with Crippen LogP contribution in [-0.2, 0) is 4.79 Å². The summed E-state index contributed by atoms with van der Waals surface area (Å²) in [5.41, 5.74) is 2.48. The fourth-order valence-corrected chi connectivity index (χ4v) is 4.46. The van der Waals surface area contributed by atoms with Gasteiger partial charge in [-0.05, 0) is 37.1 Å². The van der Waals surface area contributed by atoms with Crippen molar-refractivity contribution in [2.24, 2.45) is 0 Å². The van der Waals surface area contributed by atoms with Gasteiger partial charge in [0.2, 0.25) is 5.91 Å². The Morgan fingerprint density at radius 2 is 1.32 bits per heavy atom. The quantitative estimate of drug-likeness (QED) is 0.696. The van der Waals surface area contributed by atoms with Gasteiger partial charge in [-0.3, -0.25) is 9.59 Å². The maximum Gasteiger partial charge on any atom is 0.251 e. The molecule has 0 aliphatic carbocycles. The van der Waals surface area contributed by atoms with Crippen LogP contribution in [0.2, 0.25) is 0 Å². The third-order valence-corrected chi connectivity index (χ3v) is 6.10. The van der Waals surface area contributed by atoms with Crippen LogP contribution in [0.15, 0.2) is 78.9 Å². The van der Waals surface area contributed by atoms with Crippen molar-refractivity contribution in [3.05, 3.63) is 95.6 Å². The summed E-state index contributed by atoms with van der Waals surface area (Å²) in [7, 11) is 0. The van der Waals surface area contributed by atoms with Crippen LogP contribution in [0.3, 0.4) is 0 Å². The second kappa shape index (κ2) is 8.26. The van der Waals surface area contributed by atoms with Gasteiger partial charge < -0.3 is 15.0 Å². The fraction of sp³-hybridized carbons (Fsp3) is 0.231. The van der Waals surface area contributed by atoms with E-state index >= 15 is 0 Å². The number of nitrogens with zero attached hydrogens (tertiary/aromatic N) is 1. The number of rotatable bonds is 3. The zero-order valence-electron chi connectivity index (χ0n) is 17.2. The first-order valence-electron chi connectivity index (χ1n) is 10.7. The summed E-state index contributed by atoms with van der Waals surface area (Å²) in [5.74, 6) is 1.15. The molecule has 31 heavy (non-hydrogen) atoms. The predicted octanol–water partition coefficient (Wildman–Crippen LogP) is 4.35. The van der Waals surface area contributed by atoms with Crippen LogP contribution in [0.5, 0.6) is 11.5 Å². The Morgan fingerprint density at radius 3 is 1.94 bits per heavy atom. The van der Waals surface area contributed by atoms with E-state index in [-0.39, 0.29) is 23.8 Å². The molecule has 3 aromatic carbocycles. The number of ether oxygens (including phenoxy) is 1. The third kappa shape index (κ3) is 3.79. The van der Waals surface area contributed by atoms with Crippen molar-refractivity contribution in [3.63, 3.8) is 0 Å². The molecule has 1 fully saturated rings. The minimum atomic E-state index is -0.364. The highest BCUT2D eigenvalue weighted by atomic mass is 16.5. The summed E-state index contributed by atoms with van der Waals surface area (Å²) < 4.78 is 6.03. The Bertz CT molecular complexity index is 1060. The SMILES string of the molecule is O=C(NC1CCN(C(=O)C2c3ccccc3Oc3ccccc32)CC1)c1ccccc1. The van der Waals surface area contributed by atoms with E-state index in [4.69, 9.17) is 4.74 Å². The fourth-order valence-electron chi connectivity index (χ4n) is 4.46. The highest BCUT2D eigenvalue weighted by Gasteiger charge is 2.36. The van der Waals surface area contributed by atoms with E-state index in [1.54, 1.807) is 0 Å². The molecule has 0 saturated carbocycles. The Morgan fingerprint density at radius 1 is 0.774 bits per heavy atom. The monoisotopic (exact) mass is 412 g/mol. The van der Waals surface area contributed by atoms with Crippen molar-refractivity contribution >= 4 is 11.8 Å². The van der Waals surface area contributed by atoms with Crippen molar-refractivity contribution in [1.82, 2.24) is 10.2 Å². The van der Waals surface area contributed by atoms with Gasteiger partial charge in [0.15, 0.2) is 0 Å². The second-order valence-electron chi connectivity index (χ2n) is 8.05. The number of likely N-dealkylation sites (tertiary alicyclic amines) is 1. The Kier molecular flexibility index (Phi) is 5.16. The number of carbonyl (C=O) groups excluding carboxylic acids is 2. The lowest BCUT2D eigenvalue weighted by atomic mass is 9.86. The molecule has 2 amide bonds. The number of nitrogens with one attached hydrogen (secondary N) is 1. The highest BCUT2D eigenvalue weighted by molar-refractivity contribution is 5.94. The Hall–Kier alpha value is -3.60. The number of benzene rings is 3. The van der Waals surface area contributed by atoms with Gasteiger partial charge in [0, 0.05) is 35.8 Å². The van der Waals surface area contributed by atoms with Crippen molar-refractivity contribution < 1.29 is 14.3 Å². The Labute approximate surface area is 181 Å². The number of fused-ring (bicyclic) bond motifs is 2. The molecule has 156 valence electrons. The molecule has 1 N–H and O–H groups in total. The van der Waals surface area contributed by atoms with E-state index in [9.17, 15) is 9.59 Å². The molecule has 5 heteroatoms. The first kappa shape index (κ1) is 19.4. The molecule has 2 aliphatic heterocycles. The van der Waals surface area contributed by atoms with Crippen molar-refractivity contribution in [2.75, 3.05) is 13.1 Å². The van der Waals surface area contributed by atoms with Crippen LogP contribution in [0.4, 0.5) is 0 Å². The minimum Gasteiger partial charge on any atom is -0.457 e. The van der Waals surface area contributed by atoms with Crippen molar-refractivity contribution in [3.8, 4) is 11.5 Å². The van der Waals surface area contributed by atoms with Gasteiger partial charge in [0.05, 0.1) is 5.92 Å². The standard InChI is InChI=1S/C26H24N2O3/c29-25(18-8-2-1-3-9-18)27-19-14-16-28(17-15-19)26(30)24-20-10-4-6-12-22(20)31-23-13-7-5-11-21(23)24/h1-13,19,24H,14-17H2,(H,27,29). The van der Waals surface area contributed by atoms with Crippen molar-refractivity contribution in [1.29, 1.82) is 0 Å². The van der Waals surface area contributed by atoms with E-state index < -0.39 is 0 Å². The van der Waals surface area contributed by atoms with Crippen LogP contribution >= 0.6 is 0 Å². The molecule has 5 rings (SSSR count).